The maximum absolute atomic E-state index is 13.6. The molecule has 1 aromatic heterocycles. The molecule has 3 aromatic rings. The molecular weight excluding hydrogens is 442 g/mol. The van der Waals surface area contributed by atoms with Gasteiger partial charge in [-0.2, -0.15) is 0 Å². The molecule has 0 saturated carbocycles. The Morgan fingerprint density at radius 3 is 2.42 bits per heavy atom. The van der Waals surface area contributed by atoms with Crippen LogP contribution < -0.4 is 20.1 Å². The van der Waals surface area contributed by atoms with Crippen molar-refractivity contribution in [3.63, 3.8) is 0 Å². The summed E-state index contributed by atoms with van der Waals surface area (Å²) in [5.74, 6) is 0.459. The van der Waals surface area contributed by atoms with Crippen LogP contribution in [0.5, 0.6) is 11.5 Å². The van der Waals surface area contributed by atoms with E-state index in [0.717, 1.165) is 11.3 Å². The number of carbonyl (C=O) groups is 1. The summed E-state index contributed by atoms with van der Waals surface area (Å²) in [6.45, 7) is 3.79. The third kappa shape index (κ3) is 5.61. The third-order valence-corrected chi connectivity index (χ3v) is 6.94. The molecule has 0 unspecified atom stereocenters. The lowest BCUT2D eigenvalue weighted by Gasteiger charge is -2.17. The minimum Gasteiger partial charge on any atom is -0.493 e. The summed E-state index contributed by atoms with van der Waals surface area (Å²) in [6.07, 6.45) is 1.65. The fourth-order valence-electron chi connectivity index (χ4n) is 3.47. The second-order valence-electron chi connectivity index (χ2n) is 7.43. The summed E-state index contributed by atoms with van der Waals surface area (Å²) in [6, 6.07) is 13.4. The SMILES string of the molecule is COc1ccc(S(=O)(=O)c2c(C)cc(C)cc2NCC(=O)NCc2ccccn2)cc1OC. The van der Waals surface area contributed by atoms with Gasteiger partial charge in [0.25, 0.3) is 0 Å². The Balaban J connectivity index is 1.86. The minimum atomic E-state index is -3.92. The van der Waals surface area contributed by atoms with E-state index in [9.17, 15) is 13.2 Å². The van der Waals surface area contributed by atoms with Crippen molar-refractivity contribution in [2.75, 3.05) is 26.1 Å². The molecule has 0 radical (unpaired) electrons. The van der Waals surface area contributed by atoms with E-state index in [2.05, 4.69) is 15.6 Å². The number of carbonyl (C=O) groups excluding carboxylic acids is 1. The van der Waals surface area contributed by atoms with Crippen molar-refractivity contribution < 1.29 is 22.7 Å². The Kier molecular flexibility index (Phi) is 7.55. The number of pyridine rings is 1. The number of methoxy groups -OCH3 is 2. The zero-order chi connectivity index (χ0) is 24.0. The van der Waals surface area contributed by atoms with Crippen LogP contribution in [0, 0.1) is 13.8 Å². The molecule has 8 nitrogen and oxygen atoms in total. The van der Waals surface area contributed by atoms with E-state index in [-0.39, 0.29) is 28.8 Å². The number of aromatic nitrogens is 1. The summed E-state index contributed by atoms with van der Waals surface area (Å²) >= 11 is 0. The highest BCUT2D eigenvalue weighted by Gasteiger charge is 2.26. The standard InChI is InChI=1S/C24H27N3O5S/c1-16-11-17(2)24(33(29,30)19-8-9-21(31-3)22(13-19)32-4)20(12-16)26-15-23(28)27-14-18-7-5-6-10-25-18/h5-13,26H,14-15H2,1-4H3,(H,27,28). The number of aryl methyl sites for hydroxylation is 2. The van der Waals surface area contributed by atoms with Gasteiger partial charge in [-0.1, -0.05) is 12.1 Å². The van der Waals surface area contributed by atoms with Gasteiger partial charge in [0.1, 0.15) is 0 Å². The predicted molar refractivity (Wildman–Crippen MR) is 125 cm³/mol. The average Bonchev–Trinajstić information content (AvgIpc) is 2.80. The van der Waals surface area contributed by atoms with Gasteiger partial charge < -0.3 is 20.1 Å². The highest BCUT2D eigenvalue weighted by atomic mass is 32.2. The summed E-state index contributed by atoms with van der Waals surface area (Å²) in [4.78, 5) is 16.7. The van der Waals surface area contributed by atoms with Gasteiger partial charge in [-0.25, -0.2) is 8.42 Å². The summed E-state index contributed by atoms with van der Waals surface area (Å²) < 4.78 is 37.6. The molecule has 2 aromatic carbocycles. The molecule has 0 aliphatic rings. The largest absolute Gasteiger partial charge is 0.493 e. The number of benzene rings is 2. The highest BCUT2D eigenvalue weighted by Crippen LogP contribution is 2.36. The Morgan fingerprint density at radius 1 is 1.00 bits per heavy atom. The lowest BCUT2D eigenvalue weighted by atomic mass is 10.1. The molecule has 0 atom stereocenters. The van der Waals surface area contributed by atoms with E-state index in [4.69, 9.17) is 9.47 Å². The van der Waals surface area contributed by atoms with Crippen molar-refractivity contribution in [1.82, 2.24) is 10.3 Å². The smallest absolute Gasteiger partial charge is 0.239 e. The lowest BCUT2D eigenvalue weighted by molar-refractivity contribution is -0.119. The maximum Gasteiger partial charge on any atom is 0.239 e. The first-order valence-corrected chi connectivity index (χ1v) is 11.7. The van der Waals surface area contributed by atoms with Crippen molar-refractivity contribution in [1.29, 1.82) is 0 Å². The Bertz CT molecular complexity index is 1240. The predicted octanol–water partition coefficient (Wildman–Crippen LogP) is 3.28. The minimum absolute atomic E-state index is 0.0646. The van der Waals surface area contributed by atoms with Gasteiger partial charge in [0, 0.05) is 12.3 Å². The molecule has 0 aliphatic carbocycles. The molecule has 3 rings (SSSR count). The number of nitrogens with one attached hydrogen (secondary N) is 2. The number of anilines is 1. The van der Waals surface area contributed by atoms with E-state index < -0.39 is 9.84 Å². The summed E-state index contributed by atoms with van der Waals surface area (Å²) in [5.41, 5.74) is 2.53. The molecule has 0 spiro atoms. The number of hydrogen-bond acceptors (Lipinski definition) is 7. The highest BCUT2D eigenvalue weighted by molar-refractivity contribution is 7.91. The van der Waals surface area contributed by atoms with E-state index in [1.807, 2.05) is 19.1 Å². The zero-order valence-corrected chi connectivity index (χ0v) is 19.8. The molecule has 174 valence electrons. The Hall–Kier alpha value is -3.59. The molecule has 33 heavy (non-hydrogen) atoms. The lowest BCUT2D eigenvalue weighted by Crippen LogP contribution is -2.30. The average molecular weight is 470 g/mol. The first kappa shape index (κ1) is 24.1. The topological polar surface area (TPSA) is 107 Å². The molecule has 0 saturated heterocycles. The van der Waals surface area contributed by atoms with Crippen LogP contribution in [-0.2, 0) is 21.2 Å². The van der Waals surface area contributed by atoms with Crippen LogP contribution >= 0.6 is 0 Å². The normalized spacial score (nSPS) is 11.0. The number of sulfone groups is 1. The van der Waals surface area contributed by atoms with Gasteiger partial charge in [-0.15, -0.1) is 0 Å². The van der Waals surface area contributed by atoms with Crippen molar-refractivity contribution in [3.05, 3.63) is 71.5 Å². The number of hydrogen-bond donors (Lipinski definition) is 2. The van der Waals surface area contributed by atoms with Gasteiger partial charge >= 0.3 is 0 Å². The fraction of sp³-hybridized carbons (Fsp3) is 0.250. The van der Waals surface area contributed by atoms with Gasteiger partial charge in [0.2, 0.25) is 15.7 Å². The molecule has 2 N–H and O–H groups in total. The van der Waals surface area contributed by atoms with Crippen molar-refractivity contribution in [3.8, 4) is 11.5 Å². The van der Waals surface area contributed by atoms with Crippen LogP contribution in [0.25, 0.3) is 0 Å². The first-order valence-electron chi connectivity index (χ1n) is 10.2. The molecular formula is C24H27N3O5S. The fourth-order valence-corrected chi connectivity index (χ4v) is 5.12. The van der Waals surface area contributed by atoms with Gasteiger partial charge in [-0.05, 0) is 55.3 Å². The van der Waals surface area contributed by atoms with Crippen LogP contribution in [0.3, 0.4) is 0 Å². The maximum atomic E-state index is 13.6. The molecule has 1 amide bonds. The third-order valence-electron chi connectivity index (χ3n) is 4.99. The molecule has 0 bridgehead atoms. The van der Waals surface area contributed by atoms with E-state index in [0.29, 0.717) is 22.7 Å². The number of rotatable bonds is 9. The Labute approximate surface area is 193 Å². The second kappa shape index (κ2) is 10.4. The van der Waals surface area contributed by atoms with Crippen molar-refractivity contribution in [2.45, 2.75) is 30.2 Å². The van der Waals surface area contributed by atoms with Crippen LogP contribution in [-0.4, -0.2) is 40.1 Å². The number of ether oxygens (including phenoxy) is 2. The molecule has 9 heteroatoms. The van der Waals surface area contributed by atoms with Crippen LogP contribution in [0.1, 0.15) is 16.8 Å². The van der Waals surface area contributed by atoms with Crippen LogP contribution in [0.4, 0.5) is 5.69 Å². The van der Waals surface area contributed by atoms with Gasteiger partial charge in [0.05, 0.1) is 48.5 Å². The molecule has 1 heterocycles. The van der Waals surface area contributed by atoms with Crippen molar-refractivity contribution in [2.24, 2.45) is 0 Å². The number of nitrogens with zero attached hydrogens (tertiary/aromatic N) is 1. The monoisotopic (exact) mass is 469 g/mol. The van der Waals surface area contributed by atoms with Crippen LogP contribution in [0.15, 0.2) is 64.5 Å². The van der Waals surface area contributed by atoms with E-state index >= 15 is 0 Å². The molecule has 0 aliphatic heterocycles. The Morgan fingerprint density at radius 2 is 1.76 bits per heavy atom. The quantitative estimate of drug-likeness (QED) is 0.495. The summed E-state index contributed by atoms with van der Waals surface area (Å²) in [7, 11) is -0.988. The van der Waals surface area contributed by atoms with Crippen molar-refractivity contribution >= 4 is 21.4 Å². The zero-order valence-electron chi connectivity index (χ0n) is 19.0. The first-order chi connectivity index (χ1) is 15.8. The van der Waals surface area contributed by atoms with Gasteiger partial charge in [-0.3, -0.25) is 9.78 Å². The summed E-state index contributed by atoms with van der Waals surface area (Å²) in [5, 5.41) is 5.76. The van der Waals surface area contributed by atoms with E-state index in [1.54, 1.807) is 37.4 Å². The number of amides is 1. The van der Waals surface area contributed by atoms with Crippen LogP contribution in [0.2, 0.25) is 0 Å². The molecule has 0 fully saturated rings. The van der Waals surface area contributed by atoms with E-state index in [1.165, 1.54) is 26.4 Å². The second-order valence-corrected chi connectivity index (χ2v) is 9.32. The van der Waals surface area contributed by atoms with Gasteiger partial charge in [0.15, 0.2) is 11.5 Å².